The maximum absolute atomic E-state index is 12.2. The molecule has 0 unspecified atom stereocenters. The van der Waals surface area contributed by atoms with Gasteiger partial charge in [0.15, 0.2) is 5.43 Å². The molecule has 0 spiro atoms. The van der Waals surface area contributed by atoms with E-state index in [-0.39, 0.29) is 11.8 Å². The number of hydrogen-bond acceptors (Lipinski definition) is 3. The normalized spacial score (nSPS) is 10.6. The van der Waals surface area contributed by atoms with Crippen molar-refractivity contribution in [1.82, 2.24) is 4.57 Å². The zero-order valence-corrected chi connectivity index (χ0v) is 10.8. The Morgan fingerprint density at radius 1 is 1.42 bits per heavy atom. The summed E-state index contributed by atoms with van der Waals surface area (Å²) in [6, 6.07) is 5.16. The molecule has 0 fully saturated rings. The van der Waals surface area contributed by atoms with E-state index in [1.807, 2.05) is 11.5 Å². The number of fused-ring (bicyclic) bond motifs is 1. The van der Waals surface area contributed by atoms with Gasteiger partial charge in [0.05, 0.1) is 19.0 Å². The minimum Gasteiger partial charge on any atom is -0.497 e. The van der Waals surface area contributed by atoms with Crippen LogP contribution in [0.1, 0.15) is 12.5 Å². The van der Waals surface area contributed by atoms with Crippen LogP contribution in [-0.2, 0) is 17.8 Å². The Kier molecular flexibility index (Phi) is 3.55. The number of carboxylic acid groups (broad SMARTS) is 1. The number of aromatic nitrogens is 1. The summed E-state index contributed by atoms with van der Waals surface area (Å²) in [5.41, 5.74) is 0.817. The molecule has 2 rings (SSSR count). The largest absolute Gasteiger partial charge is 0.497 e. The van der Waals surface area contributed by atoms with Crippen molar-refractivity contribution in [2.75, 3.05) is 7.11 Å². The molecule has 5 heteroatoms. The van der Waals surface area contributed by atoms with Gasteiger partial charge in [-0.3, -0.25) is 9.59 Å². The van der Waals surface area contributed by atoms with Crippen molar-refractivity contribution in [2.24, 2.45) is 0 Å². The SMILES string of the molecule is CCn1cc(CC(=O)O)c(=O)c2ccc(OC)cc21. The minimum atomic E-state index is -1.01. The lowest BCUT2D eigenvalue weighted by Gasteiger charge is -2.12. The van der Waals surface area contributed by atoms with E-state index >= 15 is 0 Å². The molecular weight excluding hydrogens is 246 g/mol. The van der Waals surface area contributed by atoms with Crippen molar-refractivity contribution in [1.29, 1.82) is 0 Å². The lowest BCUT2D eigenvalue weighted by atomic mass is 10.1. The Morgan fingerprint density at radius 3 is 2.74 bits per heavy atom. The molecule has 1 aromatic heterocycles. The molecule has 0 atom stereocenters. The third kappa shape index (κ3) is 2.45. The Balaban J connectivity index is 2.75. The highest BCUT2D eigenvalue weighted by molar-refractivity contribution is 5.82. The summed E-state index contributed by atoms with van der Waals surface area (Å²) in [6.07, 6.45) is 1.35. The summed E-state index contributed by atoms with van der Waals surface area (Å²) in [5.74, 6) is -0.340. The number of nitrogens with zero attached hydrogens (tertiary/aromatic N) is 1. The predicted octanol–water partition coefficient (Wildman–Crippen LogP) is 1.66. The molecule has 0 bridgehead atoms. The number of methoxy groups -OCH3 is 1. The molecule has 0 radical (unpaired) electrons. The molecule has 19 heavy (non-hydrogen) atoms. The van der Waals surface area contributed by atoms with Crippen molar-refractivity contribution >= 4 is 16.9 Å². The van der Waals surface area contributed by atoms with Crippen LogP contribution in [0.3, 0.4) is 0 Å². The number of benzene rings is 1. The van der Waals surface area contributed by atoms with E-state index in [9.17, 15) is 9.59 Å². The van der Waals surface area contributed by atoms with Crippen LogP contribution in [0.4, 0.5) is 0 Å². The fraction of sp³-hybridized carbons (Fsp3) is 0.286. The second-order valence-electron chi connectivity index (χ2n) is 4.22. The van der Waals surface area contributed by atoms with Crippen LogP contribution in [0.5, 0.6) is 5.75 Å². The minimum absolute atomic E-state index is 0.232. The first-order valence-corrected chi connectivity index (χ1v) is 5.98. The van der Waals surface area contributed by atoms with E-state index in [4.69, 9.17) is 9.84 Å². The highest BCUT2D eigenvalue weighted by atomic mass is 16.5. The molecule has 100 valence electrons. The first-order chi connectivity index (χ1) is 9.06. The first kappa shape index (κ1) is 13.1. The topological polar surface area (TPSA) is 68.5 Å². The predicted molar refractivity (Wildman–Crippen MR) is 71.8 cm³/mol. The lowest BCUT2D eigenvalue weighted by Crippen LogP contribution is -2.17. The summed E-state index contributed by atoms with van der Waals surface area (Å²) in [5, 5.41) is 9.36. The van der Waals surface area contributed by atoms with Gasteiger partial charge >= 0.3 is 5.97 Å². The molecule has 0 aliphatic rings. The third-order valence-corrected chi connectivity index (χ3v) is 3.04. The molecule has 1 N–H and O–H groups in total. The number of hydrogen-bond donors (Lipinski definition) is 1. The first-order valence-electron chi connectivity index (χ1n) is 5.98. The van der Waals surface area contributed by atoms with Gasteiger partial charge in [0.2, 0.25) is 0 Å². The molecule has 0 aliphatic heterocycles. The monoisotopic (exact) mass is 261 g/mol. The Hall–Kier alpha value is -2.30. The summed E-state index contributed by atoms with van der Waals surface area (Å²) in [7, 11) is 1.56. The van der Waals surface area contributed by atoms with Gasteiger partial charge in [-0.1, -0.05) is 0 Å². The fourth-order valence-electron chi connectivity index (χ4n) is 2.11. The van der Waals surface area contributed by atoms with Gasteiger partial charge in [-0.05, 0) is 19.1 Å². The van der Waals surface area contributed by atoms with Crippen molar-refractivity contribution in [3.63, 3.8) is 0 Å². The van der Waals surface area contributed by atoms with Crippen LogP contribution in [0, 0.1) is 0 Å². The molecule has 0 amide bonds. The van der Waals surface area contributed by atoms with Crippen molar-refractivity contribution in [2.45, 2.75) is 19.9 Å². The number of carbonyl (C=O) groups is 1. The van der Waals surface area contributed by atoms with E-state index in [1.165, 1.54) is 0 Å². The zero-order valence-electron chi connectivity index (χ0n) is 10.8. The van der Waals surface area contributed by atoms with E-state index < -0.39 is 5.97 Å². The van der Waals surface area contributed by atoms with Crippen LogP contribution in [0.2, 0.25) is 0 Å². The molecule has 0 aliphatic carbocycles. The van der Waals surface area contributed by atoms with Gasteiger partial charge in [-0.15, -0.1) is 0 Å². The van der Waals surface area contributed by atoms with Crippen molar-refractivity contribution < 1.29 is 14.6 Å². The third-order valence-electron chi connectivity index (χ3n) is 3.04. The Morgan fingerprint density at radius 2 is 2.16 bits per heavy atom. The van der Waals surface area contributed by atoms with E-state index in [0.717, 1.165) is 5.52 Å². The average molecular weight is 261 g/mol. The second-order valence-corrected chi connectivity index (χ2v) is 4.22. The summed E-state index contributed by atoms with van der Waals surface area (Å²) in [6.45, 7) is 2.59. The Labute approximate surface area is 110 Å². The number of rotatable bonds is 4. The zero-order chi connectivity index (χ0) is 14.0. The number of pyridine rings is 1. The molecule has 0 saturated carbocycles. The van der Waals surface area contributed by atoms with Gasteiger partial charge in [-0.2, -0.15) is 0 Å². The van der Waals surface area contributed by atoms with Gasteiger partial charge < -0.3 is 14.4 Å². The van der Waals surface area contributed by atoms with Crippen LogP contribution < -0.4 is 10.2 Å². The summed E-state index contributed by atoms with van der Waals surface area (Å²) in [4.78, 5) is 23.0. The number of aryl methyl sites for hydroxylation is 1. The molecule has 1 heterocycles. The fourth-order valence-corrected chi connectivity index (χ4v) is 2.11. The van der Waals surface area contributed by atoms with Crippen molar-refractivity contribution in [3.8, 4) is 5.75 Å². The average Bonchev–Trinajstić information content (AvgIpc) is 2.40. The quantitative estimate of drug-likeness (QED) is 0.908. The van der Waals surface area contributed by atoms with Crippen LogP contribution >= 0.6 is 0 Å². The molecule has 1 aromatic carbocycles. The molecule has 2 aromatic rings. The van der Waals surface area contributed by atoms with E-state index in [2.05, 4.69) is 0 Å². The van der Waals surface area contributed by atoms with Crippen molar-refractivity contribution in [3.05, 3.63) is 40.2 Å². The standard InChI is InChI=1S/C14H15NO4/c1-3-15-8-9(6-13(16)17)14(18)11-5-4-10(19-2)7-12(11)15/h4-5,7-8H,3,6H2,1-2H3,(H,16,17). The van der Waals surface area contributed by atoms with E-state index in [1.54, 1.807) is 31.5 Å². The van der Waals surface area contributed by atoms with Gasteiger partial charge in [0.1, 0.15) is 5.75 Å². The van der Waals surface area contributed by atoms with Gasteiger partial charge in [0.25, 0.3) is 0 Å². The molecule has 0 saturated heterocycles. The second kappa shape index (κ2) is 5.14. The van der Waals surface area contributed by atoms with Gasteiger partial charge in [0, 0.05) is 29.8 Å². The highest BCUT2D eigenvalue weighted by Gasteiger charge is 2.11. The smallest absolute Gasteiger partial charge is 0.308 e. The van der Waals surface area contributed by atoms with Crippen LogP contribution in [-0.4, -0.2) is 22.8 Å². The molecular formula is C14H15NO4. The van der Waals surface area contributed by atoms with Gasteiger partial charge in [-0.25, -0.2) is 0 Å². The Bertz CT molecular complexity index is 688. The number of aliphatic carboxylic acids is 1. The van der Waals surface area contributed by atoms with Crippen LogP contribution in [0.25, 0.3) is 10.9 Å². The summed E-state index contributed by atoms with van der Waals surface area (Å²) < 4.78 is 7.01. The number of carboxylic acids is 1. The highest BCUT2D eigenvalue weighted by Crippen LogP contribution is 2.19. The lowest BCUT2D eigenvalue weighted by molar-refractivity contribution is -0.136. The maximum Gasteiger partial charge on any atom is 0.308 e. The summed E-state index contributed by atoms with van der Waals surface area (Å²) >= 11 is 0. The van der Waals surface area contributed by atoms with Crippen LogP contribution in [0.15, 0.2) is 29.2 Å². The maximum atomic E-state index is 12.2. The molecule has 5 nitrogen and oxygen atoms in total. The van der Waals surface area contributed by atoms with E-state index in [0.29, 0.717) is 23.2 Å². The number of ether oxygens (including phenoxy) is 1.